The third-order valence-electron chi connectivity index (χ3n) is 3.18. The highest BCUT2D eigenvalue weighted by atomic mass is 19.1. The molecule has 0 atom stereocenters. The van der Waals surface area contributed by atoms with E-state index in [0.717, 1.165) is 25.0 Å². The highest BCUT2D eigenvalue weighted by Gasteiger charge is 2.32. The lowest BCUT2D eigenvalue weighted by Gasteiger charge is -2.22. The molecule has 1 fully saturated rings. The van der Waals surface area contributed by atoms with Crippen molar-refractivity contribution in [2.75, 3.05) is 6.61 Å². The van der Waals surface area contributed by atoms with E-state index in [4.69, 9.17) is 4.74 Å². The molecule has 0 aliphatic heterocycles. The first-order valence-corrected chi connectivity index (χ1v) is 5.83. The number of benzene rings is 1. The third kappa shape index (κ3) is 2.67. The lowest BCUT2D eigenvalue weighted by atomic mass is 10.0. The van der Waals surface area contributed by atoms with Crippen LogP contribution in [0.2, 0.25) is 0 Å². The van der Waals surface area contributed by atoms with Crippen LogP contribution in [0.4, 0.5) is 8.78 Å². The zero-order valence-corrected chi connectivity index (χ0v) is 9.79. The van der Waals surface area contributed by atoms with Crippen molar-refractivity contribution < 1.29 is 23.4 Å². The van der Waals surface area contributed by atoms with Gasteiger partial charge in [-0.1, -0.05) is 12.8 Å². The quantitative estimate of drug-likeness (QED) is 0.842. The van der Waals surface area contributed by atoms with Crippen LogP contribution in [-0.4, -0.2) is 23.6 Å². The Labute approximate surface area is 103 Å². The maximum atomic E-state index is 13.5. The van der Waals surface area contributed by atoms with Gasteiger partial charge in [0, 0.05) is 5.56 Å². The van der Waals surface area contributed by atoms with Crippen LogP contribution < -0.4 is 4.74 Å². The summed E-state index contributed by atoms with van der Waals surface area (Å²) >= 11 is 0. The van der Waals surface area contributed by atoms with E-state index in [1.165, 1.54) is 0 Å². The van der Waals surface area contributed by atoms with Crippen LogP contribution in [0.3, 0.4) is 0 Å². The second-order valence-corrected chi connectivity index (χ2v) is 4.65. The fourth-order valence-electron chi connectivity index (χ4n) is 2.17. The van der Waals surface area contributed by atoms with E-state index >= 15 is 0 Å². The Bertz CT molecular complexity index is 431. The summed E-state index contributed by atoms with van der Waals surface area (Å²) in [6.07, 6.45) is 3.27. The van der Waals surface area contributed by atoms with E-state index in [-0.39, 0.29) is 12.2 Å². The molecular weight excluding hydrogens is 242 g/mol. The lowest BCUT2D eigenvalue weighted by molar-refractivity contribution is -0.000846. The fourth-order valence-corrected chi connectivity index (χ4v) is 2.17. The topological polar surface area (TPSA) is 46.5 Å². The molecule has 0 radical (unpaired) electrons. The fraction of sp³-hybridized carbons (Fsp3) is 0.462. The van der Waals surface area contributed by atoms with Crippen LogP contribution in [0.1, 0.15) is 36.0 Å². The predicted molar refractivity (Wildman–Crippen MR) is 60.7 cm³/mol. The van der Waals surface area contributed by atoms with Gasteiger partial charge in [-0.2, -0.15) is 0 Å². The smallest absolute Gasteiger partial charge is 0.190 e. The number of carbonyl (C=O) groups is 1. The Hall–Kier alpha value is -1.49. The largest absolute Gasteiger partial charge is 0.485 e. The standard InChI is InChI=1S/C13H14F2O3/c14-10-5-9(7-16)6-11(15)12(10)18-8-13(17)3-1-2-4-13/h5-7,17H,1-4,8H2. The van der Waals surface area contributed by atoms with Gasteiger partial charge in [-0.3, -0.25) is 4.79 Å². The van der Waals surface area contributed by atoms with Crippen LogP contribution in [-0.2, 0) is 0 Å². The number of hydrogen-bond acceptors (Lipinski definition) is 3. The molecule has 98 valence electrons. The molecule has 18 heavy (non-hydrogen) atoms. The van der Waals surface area contributed by atoms with Gasteiger partial charge < -0.3 is 9.84 Å². The summed E-state index contributed by atoms with van der Waals surface area (Å²) in [5, 5.41) is 10.0. The Morgan fingerprint density at radius 1 is 1.28 bits per heavy atom. The third-order valence-corrected chi connectivity index (χ3v) is 3.18. The molecule has 0 aromatic heterocycles. The van der Waals surface area contributed by atoms with Crippen molar-refractivity contribution in [2.45, 2.75) is 31.3 Å². The van der Waals surface area contributed by atoms with E-state index in [1.54, 1.807) is 0 Å². The van der Waals surface area contributed by atoms with Gasteiger partial charge in [0.15, 0.2) is 17.4 Å². The second-order valence-electron chi connectivity index (χ2n) is 4.65. The van der Waals surface area contributed by atoms with E-state index < -0.39 is 23.0 Å². The van der Waals surface area contributed by atoms with Gasteiger partial charge in [0.1, 0.15) is 12.9 Å². The molecule has 0 spiro atoms. The van der Waals surface area contributed by atoms with Crippen LogP contribution in [0, 0.1) is 11.6 Å². The molecule has 0 heterocycles. The summed E-state index contributed by atoms with van der Waals surface area (Å²) in [5.74, 6) is -2.40. The minimum atomic E-state index is -0.998. The molecule has 1 aliphatic rings. The van der Waals surface area contributed by atoms with Gasteiger partial charge in [-0.15, -0.1) is 0 Å². The number of aldehydes is 1. The van der Waals surface area contributed by atoms with E-state index in [1.807, 2.05) is 0 Å². The Morgan fingerprint density at radius 2 is 1.83 bits per heavy atom. The van der Waals surface area contributed by atoms with E-state index in [2.05, 4.69) is 0 Å². The van der Waals surface area contributed by atoms with E-state index in [9.17, 15) is 18.7 Å². The Kier molecular flexibility index (Phi) is 3.61. The monoisotopic (exact) mass is 256 g/mol. The summed E-state index contributed by atoms with van der Waals surface area (Å²) in [4.78, 5) is 10.4. The molecular formula is C13H14F2O3. The Morgan fingerprint density at radius 3 is 2.33 bits per heavy atom. The molecule has 2 rings (SSSR count). The zero-order chi connectivity index (χ0) is 13.2. The molecule has 0 saturated heterocycles. The van der Waals surface area contributed by atoms with Gasteiger partial charge in [-0.05, 0) is 25.0 Å². The maximum Gasteiger partial charge on any atom is 0.190 e. The van der Waals surface area contributed by atoms with Gasteiger partial charge in [0.2, 0.25) is 0 Å². The van der Waals surface area contributed by atoms with Crippen LogP contribution in [0.15, 0.2) is 12.1 Å². The molecule has 0 bridgehead atoms. The first-order chi connectivity index (χ1) is 8.54. The average molecular weight is 256 g/mol. The summed E-state index contributed by atoms with van der Waals surface area (Å²) in [7, 11) is 0. The molecule has 1 aromatic carbocycles. The number of carbonyl (C=O) groups excluding carboxylic acids is 1. The minimum absolute atomic E-state index is 0.0862. The van der Waals surface area contributed by atoms with Gasteiger partial charge in [-0.25, -0.2) is 8.78 Å². The molecule has 0 unspecified atom stereocenters. The zero-order valence-electron chi connectivity index (χ0n) is 9.79. The Balaban J connectivity index is 2.11. The second kappa shape index (κ2) is 5.02. The van der Waals surface area contributed by atoms with Crippen molar-refractivity contribution in [1.82, 2.24) is 0 Å². The molecule has 1 aromatic rings. The predicted octanol–water partition coefficient (Wildman–Crippen LogP) is 2.46. The van der Waals surface area contributed by atoms with Crippen molar-refractivity contribution in [3.8, 4) is 5.75 Å². The summed E-state index contributed by atoms with van der Waals surface area (Å²) in [6, 6.07) is 1.81. The number of rotatable bonds is 4. The summed E-state index contributed by atoms with van der Waals surface area (Å²) in [6.45, 7) is -0.138. The number of ether oxygens (including phenoxy) is 1. The number of aliphatic hydroxyl groups is 1. The number of halogens is 2. The average Bonchev–Trinajstić information content (AvgIpc) is 2.75. The SMILES string of the molecule is O=Cc1cc(F)c(OCC2(O)CCCC2)c(F)c1. The molecule has 3 nitrogen and oxygen atoms in total. The van der Waals surface area contributed by atoms with Crippen LogP contribution in [0.5, 0.6) is 5.75 Å². The molecule has 0 amide bonds. The molecule has 1 aliphatic carbocycles. The molecule has 5 heteroatoms. The van der Waals surface area contributed by atoms with Gasteiger partial charge >= 0.3 is 0 Å². The highest BCUT2D eigenvalue weighted by molar-refractivity contribution is 5.75. The summed E-state index contributed by atoms with van der Waals surface area (Å²) < 4.78 is 32.0. The lowest BCUT2D eigenvalue weighted by Crippen LogP contribution is -2.32. The van der Waals surface area contributed by atoms with Crippen LogP contribution in [0.25, 0.3) is 0 Å². The van der Waals surface area contributed by atoms with Crippen molar-refractivity contribution in [2.24, 2.45) is 0 Å². The normalized spacial score (nSPS) is 17.7. The highest BCUT2D eigenvalue weighted by Crippen LogP contribution is 2.31. The first kappa shape index (κ1) is 13.0. The van der Waals surface area contributed by atoms with Crippen molar-refractivity contribution in [1.29, 1.82) is 0 Å². The van der Waals surface area contributed by atoms with Crippen LogP contribution >= 0.6 is 0 Å². The number of hydrogen-bond donors (Lipinski definition) is 1. The van der Waals surface area contributed by atoms with Gasteiger partial charge in [0.05, 0.1) is 5.60 Å². The summed E-state index contributed by atoms with van der Waals surface area (Å²) in [5.41, 5.74) is -1.08. The minimum Gasteiger partial charge on any atom is -0.485 e. The molecule has 1 saturated carbocycles. The van der Waals surface area contributed by atoms with Crippen molar-refractivity contribution in [3.63, 3.8) is 0 Å². The van der Waals surface area contributed by atoms with Crippen molar-refractivity contribution >= 4 is 6.29 Å². The molecule has 1 N–H and O–H groups in total. The van der Waals surface area contributed by atoms with E-state index in [0.29, 0.717) is 19.1 Å². The first-order valence-electron chi connectivity index (χ1n) is 5.83. The maximum absolute atomic E-state index is 13.5. The van der Waals surface area contributed by atoms with Crippen molar-refractivity contribution in [3.05, 3.63) is 29.3 Å². The van der Waals surface area contributed by atoms with Gasteiger partial charge in [0.25, 0.3) is 0 Å².